The van der Waals surface area contributed by atoms with Gasteiger partial charge in [-0.05, 0) is 13.8 Å². The van der Waals surface area contributed by atoms with E-state index in [2.05, 4.69) is 9.89 Å². The van der Waals surface area contributed by atoms with Crippen LogP contribution in [0.3, 0.4) is 0 Å². The molecule has 0 aromatic carbocycles. The monoisotopic (exact) mass is 257 g/mol. The summed E-state index contributed by atoms with van der Waals surface area (Å²) in [5, 5.41) is 11.2. The highest BCUT2D eigenvalue weighted by atomic mass is 19.4. The molecule has 8 heteroatoms. The zero-order valence-corrected chi connectivity index (χ0v) is 9.87. The Balaban J connectivity index is 3.94. The first-order valence-electron chi connectivity index (χ1n) is 5.11. The average Bonchev–Trinajstić information content (AvgIpc) is 2.20. The van der Waals surface area contributed by atoms with Crippen molar-refractivity contribution in [2.24, 2.45) is 10.9 Å². The molecule has 102 valence electrons. The molecule has 0 aliphatic heterocycles. The maximum Gasteiger partial charge on any atom is 0.411 e. The maximum atomic E-state index is 11.8. The van der Waals surface area contributed by atoms with E-state index in [-0.39, 0.29) is 31.6 Å². The van der Waals surface area contributed by atoms with Crippen LogP contribution in [0, 0.1) is 0 Å². The number of oxime groups is 1. The van der Waals surface area contributed by atoms with Gasteiger partial charge in [0, 0.05) is 12.6 Å². The van der Waals surface area contributed by atoms with E-state index in [1.165, 1.54) is 0 Å². The number of nitrogens with two attached hydrogens (primary N) is 1. The summed E-state index contributed by atoms with van der Waals surface area (Å²) in [6.07, 6.45) is -4.31. The first kappa shape index (κ1) is 16.0. The highest BCUT2D eigenvalue weighted by Gasteiger charge is 2.27. The van der Waals surface area contributed by atoms with Gasteiger partial charge >= 0.3 is 6.18 Å². The van der Waals surface area contributed by atoms with Crippen LogP contribution in [0.5, 0.6) is 0 Å². The molecular weight excluding hydrogens is 239 g/mol. The third kappa shape index (κ3) is 8.75. The number of ether oxygens (including phenoxy) is 1. The van der Waals surface area contributed by atoms with E-state index in [9.17, 15) is 13.2 Å². The van der Waals surface area contributed by atoms with Crippen molar-refractivity contribution in [3.63, 3.8) is 0 Å². The van der Waals surface area contributed by atoms with E-state index in [1.54, 1.807) is 4.90 Å². The molecule has 0 aromatic rings. The molecule has 0 saturated carbocycles. The summed E-state index contributed by atoms with van der Waals surface area (Å²) in [6, 6.07) is 0.0600. The highest BCUT2D eigenvalue weighted by Crippen LogP contribution is 2.14. The molecule has 0 unspecified atom stereocenters. The second-order valence-electron chi connectivity index (χ2n) is 3.82. The highest BCUT2D eigenvalue weighted by molar-refractivity contribution is 5.81. The van der Waals surface area contributed by atoms with Crippen LogP contribution < -0.4 is 5.73 Å². The van der Waals surface area contributed by atoms with Crippen molar-refractivity contribution in [3.8, 4) is 0 Å². The SMILES string of the molecule is CC(C)N(CCOCC(F)(F)F)CC(N)=NO. The second kappa shape index (κ2) is 7.33. The molecule has 0 bridgehead atoms. The van der Waals surface area contributed by atoms with Crippen molar-refractivity contribution in [2.75, 3.05) is 26.3 Å². The molecular formula is C9H18F3N3O2. The first-order chi connectivity index (χ1) is 7.76. The van der Waals surface area contributed by atoms with Crippen LogP contribution in [-0.4, -0.2) is 54.5 Å². The van der Waals surface area contributed by atoms with Gasteiger partial charge in [0.05, 0.1) is 13.2 Å². The van der Waals surface area contributed by atoms with E-state index >= 15 is 0 Å². The lowest BCUT2D eigenvalue weighted by Crippen LogP contribution is -2.40. The average molecular weight is 257 g/mol. The summed E-state index contributed by atoms with van der Waals surface area (Å²) in [6.45, 7) is 2.86. The molecule has 0 spiro atoms. The topological polar surface area (TPSA) is 71.1 Å². The van der Waals surface area contributed by atoms with Crippen molar-refractivity contribution in [1.82, 2.24) is 4.90 Å². The molecule has 5 nitrogen and oxygen atoms in total. The summed E-state index contributed by atoms with van der Waals surface area (Å²) in [5.74, 6) is 0.00882. The Bertz CT molecular complexity index is 244. The van der Waals surface area contributed by atoms with Crippen molar-refractivity contribution in [3.05, 3.63) is 0 Å². The van der Waals surface area contributed by atoms with Gasteiger partial charge in [0.15, 0.2) is 5.84 Å². The van der Waals surface area contributed by atoms with Gasteiger partial charge < -0.3 is 15.7 Å². The lowest BCUT2D eigenvalue weighted by molar-refractivity contribution is -0.174. The van der Waals surface area contributed by atoms with Gasteiger partial charge in [-0.3, -0.25) is 4.90 Å². The standard InChI is InChI=1S/C9H18F3N3O2/c1-7(2)15(5-8(13)14-16)3-4-17-6-9(10,11)12/h7,16H,3-6H2,1-2H3,(H2,13,14). The third-order valence-electron chi connectivity index (χ3n) is 2.01. The van der Waals surface area contributed by atoms with E-state index in [0.717, 1.165) is 0 Å². The predicted octanol–water partition coefficient (Wildman–Crippen LogP) is 1.02. The lowest BCUT2D eigenvalue weighted by atomic mass is 10.3. The van der Waals surface area contributed by atoms with Crippen LogP contribution in [0.15, 0.2) is 5.16 Å². The lowest BCUT2D eigenvalue weighted by Gasteiger charge is -2.25. The van der Waals surface area contributed by atoms with E-state index < -0.39 is 12.8 Å². The Hall–Kier alpha value is -1.02. The van der Waals surface area contributed by atoms with Gasteiger partial charge in [-0.1, -0.05) is 5.16 Å². The Labute approximate surface area is 98.0 Å². The van der Waals surface area contributed by atoms with Gasteiger partial charge in [0.25, 0.3) is 0 Å². The van der Waals surface area contributed by atoms with Gasteiger partial charge in [-0.15, -0.1) is 0 Å². The fraction of sp³-hybridized carbons (Fsp3) is 0.889. The van der Waals surface area contributed by atoms with Gasteiger partial charge in [-0.25, -0.2) is 0 Å². The minimum absolute atomic E-state index is 0.00882. The van der Waals surface area contributed by atoms with E-state index in [4.69, 9.17) is 10.9 Å². The Morgan fingerprint density at radius 1 is 1.47 bits per heavy atom. The third-order valence-corrected chi connectivity index (χ3v) is 2.01. The molecule has 0 heterocycles. The van der Waals surface area contributed by atoms with Crippen LogP contribution in [0.4, 0.5) is 13.2 Å². The molecule has 0 radical (unpaired) electrons. The predicted molar refractivity (Wildman–Crippen MR) is 57.0 cm³/mol. The zero-order valence-electron chi connectivity index (χ0n) is 9.87. The normalized spacial score (nSPS) is 13.7. The van der Waals surface area contributed by atoms with Crippen molar-refractivity contribution in [2.45, 2.75) is 26.1 Å². The minimum Gasteiger partial charge on any atom is -0.409 e. The summed E-state index contributed by atoms with van der Waals surface area (Å²) in [7, 11) is 0. The first-order valence-corrected chi connectivity index (χ1v) is 5.11. The van der Waals surface area contributed by atoms with Crippen LogP contribution in [0.25, 0.3) is 0 Å². The molecule has 17 heavy (non-hydrogen) atoms. The quantitative estimate of drug-likeness (QED) is 0.235. The Morgan fingerprint density at radius 3 is 2.47 bits per heavy atom. The van der Waals surface area contributed by atoms with Crippen molar-refractivity contribution < 1.29 is 23.1 Å². The molecule has 0 aromatic heterocycles. The Morgan fingerprint density at radius 2 is 2.06 bits per heavy atom. The summed E-state index contributed by atoms with van der Waals surface area (Å²) < 4.78 is 39.9. The number of nitrogens with zero attached hydrogens (tertiary/aromatic N) is 2. The smallest absolute Gasteiger partial charge is 0.409 e. The molecule has 0 amide bonds. The fourth-order valence-electron chi connectivity index (χ4n) is 1.13. The molecule has 0 atom stereocenters. The number of amidine groups is 1. The number of hydrogen-bond donors (Lipinski definition) is 2. The molecule has 3 N–H and O–H groups in total. The van der Waals surface area contributed by atoms with Crippen LogP contribution in [0.2, 0.25) is 0 Å². The molecule has 0 aliphatic carbocycles. The summed E-state index contributed by atoms with van der Waals surface area (Å²) >= 11 is 0. The van der Waals surface area contributed by atoms with Crippen LogP contribution in [0.1, 0.15) is 13.8 Å². The molecule has 0 rings (SSSR count). The van der Waals surface area contributed by atoms with E-state index in [1.807, 2.05) is 13.8 Å². The summed E-state index contributed by atoms with van der Waals surface area (Å²) in [5.41, 5.74) is 5.32. The second-order valence-corrected chi connectivity index (χ2v) is 3.82. The van der Waals surface area contributed by atoms with Gasteiger partial charge in [-0.2, -0.15) is 13.2 Å². The number of hydrogen-bond acceptors (Lipinski definition) is 4. The van der Waals surface area contributed by atoms with Crippen molar-refractivity contribution >= 4 is 5.84 Å². The van der Waals surface area contributed by atoms with E-state index in [0.29, 0.717) is 0 Å². The number of alkyl halides is 3. The Kier molecular flexibility index (Phi) is 6.89. The molecule has 0 fully saturated rings. The number of rotatable bonds is 7. The zero-order chi connectivity index (χ0) is 13.5. The number of halogens is 3. The van der Waals surface area contributed by atoms with Crippen molar-refractivity contribution in [1.29, 1.82) is 0 Å². The van der Waals surface area contributed by atoms with Crippen LogP contribution >= 0.6 is 0 Å². The molecule has 0 aliphatic rings. The minimum atomic E-state index is -4.31. The van der Waals surface area contributed by atoms with Gasteiger partial charge in [0.2, 0.25) is 0 Å². The maximum absolute atomic E-state index is 11.8. The summed E-state index contributed by atoms with van der Waals surface area (Å²) in [4.78, 5) is 1.74. The molecule has 0 saturated heterocycles. The van der Waals surface area contributed by atoms with Crippen LogP contribution in [-0.2, 0) is 4.74 Å². The van der Waals surface area contributed by atoms with Gasteiger partial charge in [0.1, 0.15) is 6.61 Å². The largest absolute Gasteiger partial charge is 0.411 e. The fourth-order valence-corrected chi connectivity index (χ4v) is 1.13.